The first kappa shape index (κ1) is 6.86. The Morgan fingerprint density at radius 3 is 2.64 bits per heavy atom. The van der Waals surface area contributed by atoms with Crippen LogP contribution in [-0.4, -0.2) is 8.80 Å². The van der Waals surface area contributed by atoms with Gasteiger partial charge in [-0.15, -0.1) is 0 Å². The maximum Gasteiger partial charge on any atom is 0.0950 e. The normalized spacial score (nSPS) is 21.3. The third kappa shape index (κ3) is 0.961. The van der Waals surface area contributed by atoms with E-state index in [-0.39, 0.29) is 0 Å². The fraction of sp³-hybridized carbons (Fsp3) is 0.200. The van der Waals surface area contributed by atoms with E-state index in [9.17, 15) is 0 Å². The van der Waals surface area contributed by atoms with Gasteiger partial charge in [0.1, 0.15) is 0 Å². The predicted octanol–water partition coefficient (Wildman–Crippen LogP) is 1.71. The zero-order valence-electron chi connectivity index (χ0n) is 6.96. The minimum atomic E-state index is -0.680. The summed E-state index contributed by atoms with van der Waals surface area (Å²) in [5.41, 5.74) is 1.46. The van der Waals surface area contributed by atoms with Crippen molar-refractivity contribution in [3.8, 4) is 0 Å². The fourth-order valence-corrected chi connectivity index (χ4v) is 3.65. The van der Waals surface area contributed by atoms with Crippen molar-refractivity contribution in [2.45, 2.75) is 13.5 Å². The molecule has 1 aromatic rings. The second-order valence-electron chi connectivity index (χ2n) is 3.24. The summed E-state index contributed by atoms with van der Waals surface area (Å²) >= 11 is 0. The highest BCUT2D eigenvalue weighted by atomic mass is 28.3. The van der Waals surface area contributed by atoms with E-state index in [1.807, 2.05) is 0 Å². The Bertz CT molecular complexity index is 312. The van der Waals surface area contributed by atoms with Crippen molar-refractivity contribution in [2.75, 3.05) is 0 Å². The van der Waals surface area contributed by atoms with E-state index in [0.717, 1.165) is 0 Å². The SMILES string of the molecule is CC1=Cc2ccccc2[SiH]1C. The van der Waals surface area contributed by atoms with Crippen LogP contribution < -0.4 is 5.19 Å². The zero-order valence-corrected chi connectivity index (χ0v) is 8.12. The molecule has 0 aliphatic carbocycles. The Hall–Kier alpha value is -0.823. The minimum Gasteiger partial charge on any atom is -0.0815 e. The van der Waals surface area contributed by atoms with Crippen molar-refractivity contribution in [3.05, 3.63) is 35.0 Å². The average molecular weight is 160 g/mol. The van der Waals surface area contributed by atoms with Gasteiger partial charge < -0.3 is 0 Å². The van der Waals surface area contributed by atoms with Gasteiger partial charge in [-0.1, -0.05) is 47.3 Å². The van der Waals surface area contributed by atoms with Crippen LogP contribution in [0.3, 0.4) is 0 Å². The van der Waals surface area contributed by atoms with E-state index < -0.39 is 8.80 Å². The number of hydrogen-bond acceptors (Lipinski definition) is 0. The summed E-state index contributed by atoms with van der Waals surface area (Å²) in [6.07, 6.45) is 2.34. The molecule has 1 unspecified atom stereocenters. The van der Waals surface area contributed by atoms with Crippen LogP contribution in [-0.2, 0) is 0 Å². The van der Waals surface area contributed by atoms with E-state index in [2.05, 4.69) is 43.8 Å². The molecule has 0 aromatic heterocycles. The third-order valence-corrected chi connectivity index (χ3v) is 5.52. The summed E-state index contributed by atoms with van der Waals surface area (Å²) in [6, 6.07) is 8.76. The third-order valence-electron chi connectivity index (χ3n) is 2.53. The van der Waals surface area contributed by atoms with Crippen molar-refractivity contribution < 1.29 is 0 Å². The summed E-state index contributed by atoms with van der Waals surface area (Å²) in [6.45, 7) is 4.66. The lowest BCUT2D eigenvalue weighted by Gasteiger charge is -2.03. The van der Waals surface area contributed by atoms with E-state index in [1.54, 1.807) is 10.4 Å². The van der Waals surface area contributed by atoms with Crippen LogP contribution in [0.2, 0.25) is 6.55 Å². The van der Waals surface area contributed by atoms with E-state index in [4.69, 9.17) is 0 Å². The molecule has 2 rings (SSSR count). The summed E-state index contributed by atoms with van der Waals surface area (Å²) in [5, 5.41) is 3.23. The largest absolute Gasteiger partial charge is 0.0950 e. The molecule has 0 N–H and O–H groups in total. The molecular weight excluding hydrogens is 148 g/mol. The maximum atomic E-state index is 2.40. The van der Waals surface area contributed by atoms with Gasteiger partial charge in [0.2, 0.25) is 0 Å². The van der Waals surface area contributed by atoms with Crippen molar-refractivity contribution in [2.24, 2.45) is 0 Å². The molecule has 0 fully saturated rings. The average Bonchev–Trinajstić information content (AvgIpc) is 2.30. The second-order valence-corrected chi connectivity index (χ2v) is 6.22. The molecule has 0 radical (unpaired) electrons. The Labute approximate surface area is 69.2 Å². The summed E-state index contributed by atoms with van der Waals surface area (Å²) in [4.78, 5) is 0. The van der Waals surface area contributed by atoms with Crippen LogP contribution in [0.1, 0.15) is 12.5 Å². The number of fused-ring (bicyclic) bond motifs is 1. The van der Waals surface area contributed by atoms with Crippen LogP contribution >= 0.6 is 0 Å². The molecule has 11 heavy (non-hydrogen) atoms. The standard InChI is InChI=1S/C10H12Si/c1-8-7-9-5-3-4-6-10(9)11(8)2/h3-7,11H,1-2H3. The van der Waals surface area contributed by atoms with E-state index >= 15 is 0 Å². The minimum absolute atomic E-state index is 0.680. The number of hydrogen-bond donors (Lipinski definition) is 0. The predicted molar refractivity (Wildman–Crippen MR) is 52.7 cm³/mol. The molecule has 1 atom stereocenters. The van der Waals surface area contributed by atoms with Crippen molar-refractivity contribution in [1.29, 1.82) is 0 Å². The molecular formula is C10H12Si. The van der Waals surface area contributed by atoms with Gasteiger partial charge in [0.25, 0.3) is 0 Å². The molecule has 0 nitrogen and oxygen atoms in total. The first-order chi connectivity index (χ1) is 5.29. The Morgan fingerprint density at radius 1 is 1.18 bits per heavy atom. The van der Waals surface area contributed by atoms with Gasteiger partial charge in [-0.05, 0) is 12.5 Å². The van der Waals surface area contributed by atoms with Gasteiger partial charge in [-0.3, -0.25) is 0 Å². The highest BCUT2D eigenvalue weighted by Gasteiger charge is 2.17. The summed E-state index contributed by atoms with van der Waals surface area (Å²) in [5.74, 6) is 0. The monoisotopic (exact) mass is 160 g/mol. The van der Waals surface area contributed by atoms with Crippen molar-refractivity contribution >= 4 is 20.1 Å². The molecule has 1 aliphatic rings. The van der Waals surface area contributed by atoms with Crippen molar-refractivity contribution in [3.63, 3.8) is 0 Å². The molecule has 0 spiro atoms. The van der Waals surface area contributed by atoms with Gasteiger partial charge in [0.05, 0.1) is 8.80 Å². The number of allylic oxidation sites excluding steroid dienone is 1. The highest BCUT2D eigenvalue weighted by molar-refractivity contribution is 6.81. The molecule has 1 heteroatoms. The zero-order chi connectivity index (χ0) is 7.84. The molecule has 1 aliphatic heterocycles. The van der Waals surface area contributed by atoms with Gasteiger partial charge >= 0.3 is 0 Å². The van der Waals surface area contributed by atoms with Crippen LogP contribution in [0.4, 0.5) is 0 Å². The molecule has 0 saturated carbocycles. The van der Waals surface area contributed by atoms with Crippen LogP contribution in [0.5, 0.6) is 0 Å². The summed E-state index contributed by atoms with van der Waals surface area (Å²) in [7, 11) is -0.680. The van der Waals surface area contributed by atoms with Crippen LogP contribution in [0, 0.1) is 0 Å². The van der Waals surface area contributed by atoms with E-state index in [1.165, 1.54) is 5.56 Å². The van der Waals surface area contributed by atoms with Crippen LogP contribution in [0.15, 0.2) is 29.5 Å². The molecule has 0 saturated heterocycles. The molecule has 0 amide bonds. The van der Waals surface area contributed by atoms with Gasteiger partial charge in [-0.25, -0.2) is 0 Å². The van der Waals surface area contributed by atoms with Crippen molar-refractivity contribution in [1.82, 2.24) is 0 Å². The van der Waals surface area contributed by atoms with Gasteiger partial charge in [-0.2, -0.15) is 0 Å². The number of benzene rings is 1. The maximum absolute atomic E-state index is 2.40. The Morgan fingerprint density at radius 2 is 1.91 bits per heavy atom. The van der Waals surface area contributed by atoms with Crippen LogP contribution in [0.25, 0.3) is 6.08 Å². The first-order valence-electron chi connectivity index (χ1n) is 4.06. The summed E-state index contributed by atoms with van der Waals surface area (Å²) < 4.78 is 0. The second kappa shape index (κ2) is 2.34. The molecule has 0 bridgehead atoms. The molecule has 56 valence electrons. The number of rotatable bonds is 0. The van der Waals surface area contributed by atoms with E-state index in [0.29, 0.717) is 0 Å². The lowest BCUT2D eigenvalue weighted by molar-refractivity contribution is 1.69. The first-order valence-corrected chi connectivity index (χ1v) is 6.37. The quantitative estimate of drug-likeness (QED) is 0.507. The van der Waals surface area contributed by atoms with Gasteiger partial charge in [0.15, 0.2) is 0 Å². The molecule has 1 heterocycles. The smallest absolute Gasteiger partial charge is 0.0815 e. The lowest BCUT2D eigenvalue weighted by atomic mass is 10.2. The highest BCUT2D eigenvalue weighted by Crippen LogP contribution is 2.16. The lowest BCUT2D eigenvalue weighted by Crippen LogP contribution is -2.25. The fourth-order valence-electron chi connectivity index (χ4n) is 1.65. The Balaban J connectivity index is 2.58. The molecule has 1 aromatic carbocycles. The van der Waals surface area contributed by atoms with Gasteiger partial charge in [0, 0.05) is 0 Å². The Kier molecular flexibility index (Phi) is 1.46. The topological polar surface area (TPSA) is 0 Å².